The van der Waals surface area contributed by atoms with Gasteiger partial charge in [-0.1, -0.05) is 250 Å². The molecule has 0 bridgehead atoms. The van der Waals surface area contributed by atoms with Crippen molar-refractivity contribution in [1.29, 1.82) is 0 Å². The average Bonchev–Trinajstić information content (AvgIpc) is 4.19. The highest BCUT2D eigenvalue weighted by atomic mass is 79.9. The second kappa shape index (κ2) is 23.9. The zero-order valence-corrected chi connectivity index (χ0v) is 46.7. The molecular formula is C70H49BBr2N6O2. The van der Waals surface area contributed by atoms with E-state index in [-0.39, 0.29) is 0 Å². The molecular weight excluding hydrogens is 1130 g/mol. The first-order chi connectivity index (χ1) is 39.8. The maximum atomic E-state index is 8.94. The monoisotopic (exact) mass is 1170 g/mol. The molecule has 0 aliphatic heterocycles. The van der Waals surface area contributed by atoms with Gasteiger partial charge in [0, 0.05) is 31.2 Å². The summed E-state index contributed by atoms with van der Waals surface area (Å²) in [6, 6.07) is 96.8. The van der Waals surface area contributed by atoms with E-state index in [9.17, 15) is 0 Å². The van der Waals surface area contributed by atoms with Crippen molar-refractivity contribution in [3.05, 3.63) is 294 Å². The largest absolute Gasteiger partial charge is 0.488 e. The maximum Gasteiger partial charge on any atom is 0.488 e. The second-order valence-corrected chi connectivity index (χ2v) is 21.1. The summed E-state index contributed by atoms with van der Waals surface area (Å²) in [7, 11) is -1.38. The highest BCUT2D eigenvalue weighted by Crippen LogP contribution is 2.33. The quantitative estimate of drug-likeness (QED) is 0.140. The van der Waals surface area contributed by atoms with Crippen LogP contribution in [0.25, 0.3) is 111 Å². The highest BCUT2D eigenvalue weighted by Gasteiger charge is 2.18. The minimum absolute atomic E-state index is 0.527. The molecule has 8 nitrogen and oxygen atoms in total. The number of hydrogen-bond donors (Lipinski definition) is 2. The normalized spacial score (nSPS) is 11.0. The van der Waals surface area contributed by atoms with E-state index in [2.05, 4.69) is 184 Å². The smallest absolute Gasteiger partial charge is 0.423 e. The van der Waals surface area contributed by atoms with Crippen molar-refractivity contribution in [2.75, 3.05) is 0 Å². The Morgan fingerprint density at radius 2 is 0.667 bits per heavy atom. The molecule has 14 rings (SSSR count). The molecule has 0 aliphatic carbocycles. The summed E-state index contributed by atoms with van der Waals surface area (Å²) in [4.78, 5) is 9.92. The molecule has 0 unspecified atom stereocenters. The molecule has 0 atom stereocenters. The van der Waals surface area contributed by atoms with Crippen molar-refractivity contribution in [2.24, 2.45) is 0 Å². The zero-order chi connectivity index (χ0) is 55.1. The van der Waals surface area contributed by atoms with Crippen LogP contribution in [0.4, 0.5) is 0 Å². The van der Waals surface area contributed by atoms with Gasteiger partial charge in [-0.15, -0.1) is 10.2 Å². The van der Waals surface area contributed by atoms with E-state index in [1.165, 1.54) is 38.2 Å². The Bertz CT molecular complexity index is 4480. The Balaban J connectivity index is 0.000000143. The first-order valence-electron chi connectivity index (χ1n) is 26.4. The van der Waals surface area contributed by atoms with Gasteiger partial charge in [-0.2, -0.15) is 0 Å². The fraction of sp³-hybridized carbons (Fsp3) is 0. The topological polar surface area (TPSA) is 102 Å². The minimum Gasteiger partial charge on any atom is -0.423 e. The molecule has 0 fully saturated rings. The summed E-state index contributed by atoms with van der Waals surface area (Å²) in [5, 5.41) is 34.7. The van der Waals surface area contributed by atoms with Crippen molar-refractivity contribution < 1.29 is 10.0 Å². The van der Waals surface area contributed by atoms with Crippen LogP contribution in [0.3, 0.4) is 0 Å². The molecule has 0 aliphatic rings. The van der Waals surface area contributed by atoms with Gasteiger partial charge in [-0.25, -0.2) is 19.3 Å². The summed E-state index contributed by atoms with van der Waals surface area (Å²) in [6.45, 7) is 0. The molecule has 0 amide bonds. The first-order valence-corrected chi connectivity index (χ1v) is 28.0. The van der Waals surface area contributed by atoms with E-state index >= 15 is 0 Å². The van der Waals surface area contributed by atoms with Gasteiger partial charge in [0.15, 0.2) is 23.3 Å². The summed E-state index contributed by atoms with van der Waals surface area (Å²) >= 11 is 7.01. The second-order valence-electron chi connectivity index (χ2n) is 19.3. The lowest BCUT2D eigenvalue weighted by molar-refractivity contribution is 0.426. The predicted molar refractivity (Wildman–Crippen MR) is 340 cm³/mol. The van der Waals surface area contributed by atoms with E-state index in [1.807, 2.05) is 131 Å². The number of aromatic nitrogens is 6. The third-order valence-corrected chi connectivity index (χ3v) is 14.9. The fourth-order valence-electron chi connectivity index (χ4n) is 9.72. The minimum atomic E-state index is -1.38. The van der Waals surface area contributed by atoms with Crippen LogP contribution in [0.15, 0.2) is 294 Å². The van der Waals surface area contributed by atoms with Crippen LogP contribution < -0.4 is 5.46 Å². The number of rotatable bonds is 9. The van der Waals surface area contributed by atoms with Crippen molar-refractivity contribution in [3.63, 3.8) is 0 Å². The highest BCUT2D eigenvalue weighted by molar-refractivity contribution is 9.10. The SMILES string of the molecule is Brc1ccc(-c2nc(-c3cccc(Br)c3)n(-c3ccccc3)n2)cc1.OB(O)c1ccc2ccccc2c1.c1ccc(-n2nc(-c3ccc(-c4ccc5ccccc5c4)cc3)nc2-c2cccc(-c3ccc4ccccc4c3)c2)cc1. The molecule has 81 heavy (non-hydrogen) atoms. The maximum absolute atomic E-state index is 8.94. The van der Waals surface area contributed by atoms with Gasteiger partial charge >= 0.3 is 7.12 Å². The molecule has 11 heteroatoms. The molecule has 2 heterocycles. The molecule has 12 aromatic carbocycles. The average molecular weight is 1180 g/mol. The Morgan fingerprint density at radius 1 is 0.284 bits per heavy atom. The Labute approximate surface area is 486 Å². The molecule has 0 saturated heterocycles. The number of hydrogen-bond acceptors (Lipinski definition) is 6. The molecule has 0 spiro atoms. The van der Waals surface area contributed by atoms with Gasteiger partial charge in [0.1, 0.15) is 0 Å². The molecule has 388 valence electrons. The zero-order valence-electron chi connectivity index (χ0n) is 43.5. The van der Waals surface area contributed by atoms with Gasteiger partial charge < -0.3 is 10.0 Å². The molecule has 0 radical (unpaired) electrons. The number of halogens is 2. The molecule has 0 saturated carbocycles. The Hall–Kier alpha value is -9.36. The van der Waals surface area contributed by atoms with Crippen LogP contribution in [-0.4, -0.2) is 46.7 Å². The Morgan fingerprint density at radius 3 is 1.17 bits per heavy atom. The van der Waals surface area contributed by atoms with Gasteiger partial charge in [0.25, 0.3) is 0 Å². The summed E-state index contributed by atoms with van der Waals surface area (Å²) in [5.41, 5.74) is 11.1. The van der Waals surface area contributed by atoms with Crippen LogP contribution in [0.5, 0.6) is 0 Å². The number of para-hydroxylation sites is 2. The van der Waals surface area contributed by atoms with Crippen LogP contribution in [-0.2, 0) is 0 Å². The summed E-state index contributed by atoms with van der Waals surface area (Å²) in [5.74, 6) is 3.01. The lowest BCUT2D eigenvalue weighted by Crippen LogP contribution is -2.29. The van der Waals surface area contributed by atoms with Gasteiger partial charge in [0.05, 0.1) is 11.4 Å². The summed E-state index contributed by atoms with van der Waals surface area (Å²) < 4.78 is 5.88. The van der Waals surface area contributed by atoms with Crippen molar-refractivity contribution in [2.45, 2.75) is 0 Å². The lowest BCUT2D eigenvalue weighted by atomic mass is 9.79. The predicted octanol–water partition coefficient (Wildman–Crippen LogP) is 16.9. The van der Waals surface area contributed by atoms with Crippen LogP contribution in [0.1, 0.15) is 0 Å². The van der Waals surface area contributed by atoms with Crippen LogP contribution in [0, 0.1) is 0 Å². The number of benzene rings is 12. The van der Waals surface area contributed by atoms with Crippen molar-refractivity contribution in [3.8, 4) is 79.2 Å². The third kappa shape index (κ3) is 12.0. The standard InChI is InChI=1S/C40H27N3.C20H13Br2N3.C10H9BO2/c1-2-15-38(16-3-1)43-40(37-14-8-13-34(27-37)36-24-20-29-10-5-7-12-33(29)26-36)41-39(42-43)31-21-17-30(18-22-31)35-23-19-28-9-4-6-11-32(28)25-35;21-16-11-9-14(10-12-16)19-23-20(15-5-4-6-17(22)13-15)25(24-19)18-7-2-1-3-8-18;12-11(13)10-6-5-8-3-1-2-4-9(8)7-10/h1-27H;1-13H;1-7,12-13H. The molecule has 2 N–H and O–H groups in total. The molecule has 14 aromatic rings. The van der Waals surface area contributed by atoms with Crippen LogP contribution >= 0.6 is 31.9 Å². The van der Waals surface area contributed by atoms with Crippen molar-refractivity contribution >= 4 is 76.8 Å². The summed E-state index contributed by atoms with van der Waals surface area (Å²) in [6.07, 6.45) is 0. The molecule has 2 aromatic heterocycles. The first kappa shape index (κ1) is 52.3. The van der Waals surface area contributed by atoms with E-state index in [0.29, 0.717) is 17.1 Å². The van der Waals surface area contributed by atoms with E-state index in [0.717, 1.165) is 70.6 Å². The van der Waals surface area contributed by atoms with E-state index < -0.39 is 7.12 Å². The number of fused-ring (bicyclic) bond motifs is 3. The van der Waals surface area contributed by atoms with E-state index in [4.69, 9.17) is 30.2 Å². The number of nitrogens with zero attached hydrogens (tertiary/aromatic N) is 6. The van der Waals surface area contributed by atoms with Crippen LogP contribution in [0.2, 0.25) is 0 Å². The van der Waals surface area contributed by atoms with Gasteiger partial charge in [-0.05, 0) is 127 Å². The van der Waals surface area contributed by atoms with Crippen molar-refractivity contribution in [1.82, 2.24) is 29.5 Å². The van der Waals surface area contributed by atoms with E-state index in [1.54, 1.807) is 12.1 Å². The fourth-order valence-corrected chi connectivity index (χ4v) is 10.4. The van der Waals surface area contributed by atoms with Gasteiger partial charge in [-0.3, -0.25) is 0 Å². The van der Waals surface area contributed by atoms with Gasteiger partial charge in [0.2, 0.25) is 0 Å². The lowest BCUT2D eigenvalue weighted by Gasteiger charge is -2.09. The third-order valence-electron chi connectivity index (χ3n) is 13.9. The Kier molecular flexibility index (Phi) is 15.5.